The third-order valence-electron chi connectivity index (χ3n) is 4.78. The Kier molecular flexibility index (Phi) is 6.42. The van der Waals surface area contributed by atoms with E-state index >= 15 is 0 Å². The minimum absolute atomic E-state index is 0.0345. The van der Waals surface area contributed by atoms with Gasteiger partial charge in [0.05, 0.1) is 12.5 Å². The maximum Gasteiger partial charge on any atom is 0.310 e. The molecule has 4 nitrogen and oxygen atoms in total. The van der Waals surface area contributed by atoms with Crippen molar-refractivity contribution in [2.75, 3.05) is 19.7 Å². The van der Waals surface area contributed by atoms with Crippen LogP contribution < -0.4 is 0 Å². The van der Waals surface area contributed by atoms with Gasteiger partial charge in [0.25, 0.3) is 0 Å². The lowest BCUT2D eigenvalue weighted by atomic mass is 9.96. The molecule has 4 heteroatoms. The molecule has 1 atom stereocenters. The first-order valence-electron chi connectivity index (χ1n) is 9.47. The van der Waals surface area contributed by atoms with E-state index in [4.69, 9.17) is 4.74 Å². The molecule has 0 bridgehead atoms. The highest BCUT2D eigenvalue weighted by atomic mass is 16.5. The zero-order chi connectivity index (χ0) is 19.1. The number of likely N-dealkylation sites (tertiary alicyclic amines) is 1. The van der Waals surface area contributed by atoms with Gasteiger partial charge in [0.1, 0.15) is 0 Å². The molecule has 0 aliphatic carbocycles. The Labute approximate surface area is 160 Å². The Balaban J connectivity index is 1.90. The number of piperidine rings is 1. The average Bonchev–Trinajstić information content (AvgIpc) is 2.73. The number of carbonyl (C=O) groups is 2. The van der Waals surface area contributed by atoms with Crippen molar-refractivity contribution in [3.05, 3.63) is 77.9 Å². The van der Waals surface area contributed by atoms with Gasteiger partial charge in [-0.15, -0.1) is 0 Å². The molecule has 27 heavy (non-hydrogen) atoms. The van der Waals surface area contributed by atoms with Crippen LogP contribution in [0, 0.1) is 5.92 Å². The smallest absolute Gasteiger partial charge is 0.310 e. The number of esters is 1. The summed E-state index contributed by atoms with van der Waals surface area (Å²) in [7, 11) is 0. The van der Waals surface area contributed by atoms with Crippen molar-refractivity contribution < 1.29 is 14.3 Å². The zero-order valence-electron chi connectivity index (χ0n) is 15.6. The first-order chi connectivity index (χ1) is 13.2. The molecular weight excluding hydrogens is 338 g/mol. The van der Waals surface area contributed by atoms with Crippen molar-refractivity contribution in [2.24, 2.45) is 5.92 Å². The van der Waals surface area contributed by atoms with Gasteiger partial charge < -0.3 is 9.64 Å². The second kappa shape index (κ2) is 9.17. The van der Waals surface area contributed by atoms with Crippen LogP contribution in [0.5, 0.6) is 0 Å². The fraction of sp³-hybridized carbons (Fsp3) is 0.304. The SMILES string of the molecule is CCOC(=O)C1CCCN(/C(=C/C(=O)c2ccccc2)c2ccccc2)C1. The lowest BCUT2D eigenvalue weighted by molar-refractivity contribution is -0.149. The molecule has 1 aliphatic heterocycles. The van der Waals surface area contributed by atoms with Crippen LogP contribution in [0.4, 0.5) is 0 Å². The van der Waals surface area contributed by atoms with Crippen LogP contribution in [0.1, 0.15) is 35.7 Å². The number of hydrogen-bond acceptors (Lipinski definition) is 4. The van der Waals surface area contributed by atoms with Crippen LogP contribution in [0.25, 0.3) is 5.70 Å². The predicted octanol–water partition coefficient (Wildman–Crippen LogP) is 4.19. The number of benzene rings is 2. The van der Waals surface area contributed by atoms with E-state index in [1.54, 1.807) is 6.08 Å². The van der Waals surface area contributed by atoms with Gasteiger partial charge in [0.2, 0.25) is 0 Å². The van der Waals surface area contributed by atoms with Gasteiger partial charge in [-0.3, -0.25) is 9.59 Å². The fourth-order valence-corrected chi connectivity index (χ4v) is 3.42. The second-order valence-corrected chi connectivity index (χ2v) is 6.66. The van der Waals surface area contributed by atoms with Gasteiger partial charge in [-0.25, -0.2) is 0 Å². The number of ether oxygens (including phenoxy) is 1. The van der Waals surface area contributed by atoms with Crippen molar-refractivity contribution in [1.29, 1.82) is 0 Å². The molecule has 0 amide bonds. The highest BCUT2D eigenvalue weighted by Crippen LogP contribution is 2.27. The Morgan fingerprint density at radius 2 is 1.67 bits per heavy atom. The first kappa shape index (κ1) is 18.9. The number of allylic oxidation sites excluding steroid dienone is 1. The van der Waals surface area contributed by atoms with Crippen LogP contribution in [-0.4, -0.2) is 36.3 Å². The topological polar surface area (TPSA) is 46.6 Å². The molecule has 0 N–H and O–H groups in total. The van der Waals surface area contributed by atoms with E-state index in [-0.39, 0.29) is 17.7 Å². The summed E-state index contributed by atoms with van der Waals surface area (Å²) in [6, 6.07) is 19.1. The van der Waals surface area contributed by atoms with Gasteiger partial charge in [0.15, 0.2) is 5.78 Å². The lowest BCUT2D eigenvalue weighted by Crippen LogP contribution is -2.38. The molecule has 1 saturated heterocycles. The predicted molar refractivity (Wildman–Crippen MR) is 106 cm³/mol. The molecule has 0 saturated carbocycles. The van der Waals surface area contributed by atoms with Crippen molar-refractivity contribution in [2.45, 2.75) is 19.8 Å². The average molecular weight is 363 g/mol. The Bertz CT molecular complexity index is 799. The molecule has 0 radical (unpaired) electrons. The second-order valence-electron chi connectivity index (χ2n) is 6.66. The molecule has 1 unspecified atom stereocenters. The van der Waals surface area contributed by atoms with Crippen molar-refractivity contribution >= 4 is 17.4 Å². The van der Waals surface area contributed by atoms with E-state index in [0.29, 0.717) is 18.7 Å². The molecule has 1 aliphatic rings. The number of hydrogen-bond donors (Lipinski definition) is 0. The molecular formula is C23H25NO3. The van der Waals surface area contributed by atoms with Gasteiger partial charge in [0, 0.05) is 30.4 Å². The highest BCUT2D eigenvalue weighted by Gasteiger charge is 2.28. The minimum Gasteiger partial charge on any atom is -0.466 e. The van der Waals surface area contributed by atoms with Crippen molar-refractivity contribution in [3.8, 4) is 0 Å². The molecule has 2 aromatic carbocycles. The van der Waals surface area contributed by atoms with Gasteiger partial charge in [-0.1, -0.05) is 60.7 Å². The van der Waals surface area contributed by atoms with Crippen LogP contribution in [0.2, 0.25) is 0 Å². The van der Waals surface area contributed by atoms with Crippen LogP contribution in [0.3, 0.4) is 0 Å². The van der Waals surface area contributed by atoms with Crippen LogP contribution >= 0.6 is 0 Å². The van der Waals surface area contributed by atoms with Gasteiger partial charge in [-0.2, -0.15) is 0 Å². The number of nitrogens with zero attached hydrogens (tertiary/aromatic N) is 1. The van der Waals surface area contributed by atoms with Gasteiger partial charge >= 0.3 is 5.97 Å². The fourth-order valence-electron chi connectivity index (χ4n) is 3.42. The highest BCUT2D eigenvalue weighted by molar-refractivity contribution is 6.08. The largest absolute Gasteiger partial charge is 0.466 e. The quantitative estimate of drug-likeness (QED) is 0.439. The summed E-state index contributed by atoms with van der Waals surface area (Å²) in [5.41, 5.74) is 2.50. The summed E-state index contributed by atoms with van der Waals surface area (Å²) in [6.07, 6.45) is 3.41. The number of rotatable bonds is 6. The summed E-state index contributed by atoms with van der Waals surface area (Å²) in [6.45, 7) is 3.61. The van der Waals surface area contributed by atoms with E-state index in [2.05, 4.69) is 4.90 Å². The van der Waals surface area contributed by atoms with E-state index in [1.807, 2.05) is 67.6 Å². The number of ketones is 1. The molecule has 2 aromatic rings. The summed E-state index contributed by atoms with van der Waals surface area (Å²) >= 11 is 0. The first-order valence-corrected chi connectivity index (χ1v) is 9.47. The molecule has 0 aromatic heterocycles. The summed E-state index contributed by atoms with van der Waals surface area (Å²) in [4.78, 5) is 27.1. The maximum absolute atomic E-state index is 12.8. The number of carbonyl (C=O) groups excluding carboxylic acids is 2. The zero-order valence-corrected chi connectivity index (χ0v) is 15.6. The summed E-state index contributed by atoms with van der Waals surface area (Å²) in [5.74, 6) is -0.339. The molecule has 0 spiro atoms. The van der Waals surface area contributed by atoms with Gasteiger partial charge in [-0.05, 0) is 25.3 Å². The van der Waals surface area contributed by atoms with E-state index in [0.717, 1.165) is 30.6 Å². The molecule has 140 valence electrons. The van der Waals surface area contributed by atoms with E-state index in [9.17, 15) is 9.59 Å². The third-order valence-corrected chi connectivity index (χ3v) is 4.78. The Morgan fingerprint density at radius 1 is 1.04 bits per heavy atom. The molecule has 1 fully saturated rings. The maximum atomic E-state index is 12.8. The minimum atomic E-state index is -0.155. The van der Waals surface area contributed by atoms with Crippen LogP contribution in [-0.2, 0) is 9.53 Å². The Hall–Kier alpha value is -2.88. The van der Waals surface area contributed by atoms with Crippen molar-refractivity contribution in [1.82, 2.24) is 4.90 Å². The molecule has 1 heterocycles. The summed E-state index contributed by atoms with van der Waals surface area (Å²) in [5, 5.41) is 0. The Morgan fingerprint density at radius 3 is 2.30 bits per heavy atom. The van der Waals surface area contributed by atoms with E-state index in [1.165, 1.54) is 0 Å². The standard InChI is InChI=1S/C23H25NO3/c1-2-27-23(26)20-14-9-15-24(17-20)21(18-10-5-3-6-11-18)16-22(25)19-12-7-4-8-13-19/h3-8,10-13,16,20H,2,9,14-15,17H2,1H3/b21-16+. The monoisotopic (exact) mass is 363 g/mol. The summed E-state index contributed by atoms with van der Waals surface area (Å²) < 4.78 is 5.21. The third kappa shape index (κ3) is 4.85. The lowest BCUT2D eigenvalue weighted by Gasteiger charge is -2.35. The van der Waals surface area contributed by atoms with Crippen molar-refractivity contribution in [3.63, 3.8) is 0 Å². The normalized spacial score (nSPS) is 17.4. The van der Waals surface area contributed by atoms with E-state index < -0.39 is 0 Å². The van der Waals surface area contributed by atoms with Crippen LogP contribution in [0.15, 0.2) is 66.7 Å². The molecule has 3 rings (SSSR count).